The zero-order chi connectivity index (χ0) is 9.42. The van der Waals surface area contributed by atoms with Gasteiger partial charge in [0.2, 0.25) is 0 Å². The maximum Gasteiger partial charge on any atom is 0.335 e. The van der Waals surface area contributed by atoms with Gasteiger partial charge in [0, 0.05) is 6.42 Å². The monoisotopic (exact) mass is 178 g/mol. The number of carboxylic acid groups (broad SMARTS) is 1. The van der Waals surface area contributed by atoms with E-state index in [0.29, 0.717) is 5.56 Å². The fourth-order valence-electron chi connectivity index (χ4n) is 1.56. The van der Waals surface area contributed by atoms with Crippen LogP contribution in [0.15, 0.2) is 18.2 Å². The van der Waals surface area contributed by atoms with E-state index in [9.17, 15) is 4.79 Å². The van der Waals surface area contributed by atoms with Gasteiger partial charge in [0.15, 0.2) is 0 Å². The Morgan fingerprint density at radius 3 is 3.08 bits per heavy atom. The summed E-state index contributed by atoms with van der Waals surface area (Å²) in [6, 6.07) is 4.97. The van der Waals surface area contributed by atoms with Crippen LogP contribution in [0.2, 0.25) is 0 Å². The van der Waals surface area contributed by atoms with Crippen LogP contribution in [0.5, 0.6) is 5.75 Å². The predicted octanol–water partition coefficient (Wildman–Crippen LogP) is 1.71. The van der Waals surface area contributed by atoms with Crippen molar-refractivity contribution in [2.24, 2.45) is 0 Å². The number of ether oxygens (including phenoxy) is 1. The second-order valence-electron chi connectivity index (χ2n) is 3.26. The number of rotatable bonds is 1. The summed E-state index contributed by atoms with van der Waals surface area (Å²) in [4.78, 5) is 10.6. The second-order valence-corrected chi connectivity index (χ2v) is 3.26. The molecule has 0 spiro atoms. The molecular weight excluding hydrogens is 168 g/mol. The molecule has 0 aromatic heterocycles. The molecule has 3 nitrogen and oxygen atoms in total. The molecule has 0 radical (unpaired) electrons. The quantitative estimate of drug-likeness (QED) is 0.712. The maximum atomic E-state index is 10.6. The molecule has 1 aliphatic rings. The first-order valence-electron chi connectivity index (χ1n) is 4.19. The first-order valence-corrected chi connectivity index (χ1v) is 4.19. The molecule has 1 aromatic carbocycles. The Morgan fingerprint density at radius 1 is 1.62 bits per heavy atom. The molecule has 1 atom stereocenters. The second kappa shape index (κ2) is 2.76. The lowest BCUT2D eigenvalue weighted by atomic mass is 10.1. The minimum atomic E-state index is -0.887. The molecule has 1 heterocycles. The van der Waals surface area contributed by atoms with Gasteiger partial charge in [0.1, 0.15) is 11.9 Å². The van der Waals surface area contributed by atoms with Crippen LogP contribution in [0.25, 0.3) is 0 Å². The van der Waals surface area contributed by atoms with E-state index in [2.05, 4.69) is 0 Å². The summed E-state index contributed by atoms with van der Waals surface area (Å²) in [5, 5.41) is 8.74. The molecular formula is C10H10O3. The predicted molar refractivity (Wildman–Crippen MR) is 47.2 cm³/mol. The average molecular weight is 178 g/mol. The van der Waals surface area contributed by atoms with E-state index in [1.54, 1.807) is 18.2 Å². The number of aromatic carboxylic acids is 1. The Bertz CT molecular complexity index is 357. The largest absolute Gasteiger partial charge is 0.490 e. The Balaban J connectivity index is 2.40. The smallest absolute Gasteiger partial charge is 0.335 e. The molecule has 1 aliphatic heterocycles. The van der Waals surface area contributed by atoms with Crippen LogP contribution in [-0.2, 0) is 6.42 Å². The van der Waals surface area contributed by atoms with Crippen molar-refractivity contribution in [1.82, 2.24) is 0 Å². The lowest BCUT2D eigenvalue weighted by Crippen LogP contribution is -2.05. The molecule has 0 aliphatic carbocycles. The molecule has 0 unspecified atom stereocenters. The van der Waals surface area contributed by atoms with Gasteiger partial charge in [0.05, 0.1) is 5.56 Å². The number of carboxylic acids is 1. The third-order valence-electron chi connectivity index (χ3n) is 2.14. The van der Waals surface area contributed by atoms with Gasteiger partial charge < -0.3 is 9.84 Å². The van der Waals surface area contributed by atoms with Gasteiger partial charge in [-0.15, -0.1) is 0 Å². The zero-order valence-electron chi connectivity index (χ0n) is 7.28. The van der Waals surface area contributed by atoms with Crippen LogP contribution in [0, 0.1) is 0 Å². The van der Waals surface area contributed by atoms with Crippen molar-refractivity contribution in [3.8, 4) is 5.75 Å². The zero-order valence-corrected chi connectivity index (χ0v) is 7.28. The molecule has 2 rings (SSSR count). The van der Waals surface area contributed by atoms with E-state index >= 15 is 0 Å². The van der Waals surface area contributed by atoms with E-state index in [0.717, 1.165) is 17.7 Å². The van der Waals surface area contributed by atoms with Gasteiger partial charge in [-0.05, 0) is 30.7 Å². The van der Waals surface area contributed by atoms with Gasteiger partial charge in [0.25, 0.3) is 0 Å². The van der Waals surface area contributed by atoms with Crippen molar-refractivity contribution in [3.63, 3.8) is 0 Å². The molecule has 1 aromatic rings. The number of hydrogen-bond acceptors (Lipinski definition) is 2. The third-order valence-corrected chi connectivity index (χ3v) is 2.14. The minimum absolute atomic E-state index is 0.166. The molecule has 0 saturated carbocycles. The van der Waals surface area contributed by atoms with Crippen molar-refractivity contribution < 1.29 is 14.6 Å². The van der Waals surface area contributed by atoms with Crippen LogP contribution >= 0.6 is 0 Å². The lowest BCUT2D eigenvalue weighted by molar-refractivity contribution is 0.0697. The first-order chi connectivity index (χ1) is 6.16. The molecule has 0 bridgehead atoms. The Kier molecular flexibility index (Phi) is 1.72. The van der Waals surface area contributed by atoms with Gasteiger partial charge in [-0.25, -0.2) is 4.79 Å². The molecule has 13 heavy (non-hydrogen) atoms. The van der Waals surface area contributed by atoms with Crippen molar-refractivity contribution in [2.75, 3.05) is 0 Å². The Labute approximate surface area is 76.0 Å². The molecule has 0 saturated heterocycles. The standard InChI is InChI=1S/C10H10O3/c1-6-4-8-5-7(10(11)12)2-3-9(8)13-6/h2-3,5-6H,4H2,1H3,(H,11,12)/t6-/m0/s1. The van der Waals surface area contributed by atoms with Crippen molar-refractivity contribution in [1.29, 1.82) is 0 Å². The van der Waals surface area contributed by atoms with Crippen molar-refractivity contribution >= 4 is 5.97 Å². The van der Waals surface area contributed by atoms with E-state index in [-0.39, 0.29) is 6.10 Å². The highest BCUT2D eigenvalue weighted by Crippen LogP contribution is 2.29. The van der Waals surface area contributed by atoms with Crippen LogP contribution in [0.4, 0.5) is 0 Å². The summed E-state index contributed by atoms with van der Waals surface area (Å²) < 4.78 is 5.45. The van der Waals surface area contributed by atoms with E-state index in [1.807, 2.05) is 6.92 Å². The number of hydrogen-bond donors (Lipinski definition) is 1. The lowest BCUT2D eigenvalue weighted by Gasteiger charge is -2.01. The van der Waals surface area contributed by atoms with E-state index in [1.165, 1.54) is 0 Å². The highest BCUT2D eigenvalue weighted by atomic mass is 16.5. The molecule has 3 heteroatoms. The molecule has 0 amide bonds. The van der Waals surface area contributed by atoms with Crippen molar-refractivity contribution in [3.05, 3.63) is 29.3 Å². The van der Waals surface area contributed by atoms with Gasteiger partial charge >= 0.3 is 5.97 Å². The minimum Gasteiger partial charge on any atom is -0.490 e. The molecule has 0 fully saturated rings. The normalized spacial score (nSPS) is 19.3. The average Bonchev–Trinajstić information content (AvgIpc) is 2.42. The van der Waals surface area contributed by atoms with Crippen LogP contribution in [-0.4, -0.2) is 17.2 Å². The summed E-state index contributed by atoms with van der Waals surface area (Å²) in [6.07, 6.45) is 0.968. The van der Waals surface area contributed by atoms with Gasteiger partial charge in [-0.3, -0.25) is 0 Å². The third kappa shape index (κ3) is 1.37. The van der Waals surface area contributed by atoms with Gasteiger partial charge in [-0.2, -0.15) is 0 Å². The SMILES string of the molecule is C[C@H]1Cc2cc(C(=O)O)ccc2O1. The highest BCUT2D eigenvalue weighted by molar-refractivity contribution is 5.88. The van der Waals surface area contributed by atoms with Crippen LogP contribution in [0.3, 0.4) is 0 Å². The summed E-state index contributed by atoms with van der Waals surface area (Å²) >= 11 is 0. The van der Waals surface area contributed by atoms with Crippen LogP contribution < -0.4 is 4.74 Å². The highest BCUT2D eigenvalue weighted by Gasteiger charge is 2.19. The Morgan fingerprint density at radius 2 is 2.38 bits per heavy atom. The molecule has 68 valence electrons. The molecule has 1 N–H and O–H groups in total. The van der Waals surface area contributed by atoms with E-state index < -0.39 is 5.97 Å². The number of fused-ring (bicyclic) bond motifs is 1. The fourth-order valence-corrected chi connectivity index (χ4v) is 1.56. The maximum absolute atomic E-state index is 10.6. The topological polar surface area (TPSA) is 46.5 Å². The van der Waals surface area contributed by atoms with Crippen molar-refractivity contribution in [2.45, 2.75) is 19.4 Å². The summed E-state index contributed by atoms with van der Waals surface area (Å²) in [5.74, 6) is -0.0696. The first kappa shape index (κ1) is 8.10. The number of carbonyl (C=O) groups is 1. The summed E-state index contributed by atoms with van der Waals surface area (Å²) in [5.41, 5.74) is 1.32. The Hall–Kier alpha value is -1.51. The van der Waals surface area contributed by atoms with Crippen LogP contribution in [0.1, 0.15) is 22.8 Å². The summed E-state index contributed by atoms with van der Waals surface area (Å²) in [7, 11) is 0. The van der Waals surface area contributed by atoms with Gasteiger partial charge in [-0.1, -0.05) is 0 Å². The fraction of sp³-hybridized carbons (Fsp3) is 0.300. The van der Waals surface area contributed by atoms with E-state index in [4.69, 9.17) is 9.84 Å². The number of benzene rings is 1. The summed E-state index contributed by atoms with van der Waals surface area (Å²) in [6.45, 7) is 1.97.